The first-order valence-electron chi connectivity index (χ1n) is 8.37. The van der Waals surface area contributed by atoms with Gasteiger partial charge in [0.2, 0.25) is 5.91 Å². The predicted molar refractivity (Wildman–Crippen MR) is 93.2 cm³/mol. The molecule has 2 aromatic rings. The summed E-state index contributed by atoms with van der Waals surface area (Å²) in [6.45, 7) is 6.27. The van der Waals surface area contributed by atoms with Gasteiger partial charge < -0.3 is 5.32 Å². The molecule has 0 aliphatic heterocycles. The van der Waals surface area contributed by atoms with Gasteiger partial charge in [-0.3, -0.25) is 9.48 Å². The molecule has 2 rings (SSSR count). The molecule has 1 N–H and O–H groups in total. The lowest BCUT2D eigenvalue weighted by Gasteiger charge is -2.14. The molecule has 132 valence electrons. The van der Waals surface area contributed by atoms with Crippen LogP contribution in [0.1, 0.15) is 48.3 Å². The fraction of sp³-hybridized carbons (Fsp3) is 0.421. The van der Waals surface area contributed by atoms with E-state index < -0.39 is 0 Å². The number of nitrogens with one attached hydrogen (secondary N) is 1. The highest BCUT2D eigenvalue weighted by Crippen LogP contribution is 2.17. The molecule has 1 aromatic carbocycles. The van der Waals surface area contributed by atoms with Gasteiger partial charge in [0.05, 0.1) is 30.8 Å². The molecule has 0 saturated carbocycles. The molecule has 0 radical (unpaired) electrons. The van der Waals surface area contributed by atoms with Crippen LogP contribution < -0.4 is 5.32 Å². The molecule has 0 aliphatic carbocycles. The van der Waals surface area contributed by atoms with E-state index >= 15 is 0 Å². The molecule has 1 atom stereocenters. The summed E-state index contributed by atoms with van der Waals surface area (Å²) in [4.78, 5) is 12.2. The number of aryl methyl sites for hydroxylation is 2. The smallest absolute Gasteiger partial charge is 0.220 e. The summed E-state index contributed by atoms with van der Waals surface area (Å²) >= 11 is 0. The van der Waals surface area contributed by atoms with Crippen molar-refractivity contribution in [2.75, 3.05) is 0 Å². The molecule has 1 amide bonds. The molecular formula is C19H23FN4O. The Balaban J connectivity index is 1.94. The number of carbonyl (C=O) groups excluding carboxylic acids is 1. The average molecular weight is 342 g/mol. The molecule has 1 heterocycles. The third-order valence-corrected chi connectivity index (χ3v) is 4.29. The van der Waals surface area contributed by atoms with Crippen LogP contribution >= 0.6 is 0 Å². The quantitative estimate of drug-likeness (QED) is 0.839. The number of carbonyl (C=O) groups is 1. The Morgan fingerprint density at radius 3 is 2.88 bits per heavy atom. The zero-order valence-corrected chi connectivity index (χ0v) is 14.8. The van der Waals surface area contributed by atoms with E-state index in [0.717, 1.165) is 22.5 Å². The van der Waals surface area contributed by atoms with Crippen LogP contribution in [0.5, 0.6) is 0 Å². The summed E-state index contributed by atoms with van der Waals surface area (Å²) in [6, 6.07) is 8.10. The third kappa shape index (κ3) is 4.90. The van der Waals surface area contributed by atoms with Crippen LogP contribution in [-0.2, 0) is 17.8 Å². The average Bonchev–Trinajstić information content (AvgIpc) is 2.84. The standard InChI is InChI=1S/C19H23FN4O/c1-13(16-6-4-7-17(20)12-16)22-19(25)9-8-18-14(2)23-24(15(18)3)11-5-10-21/h4,6-7,12-13H,5,8-9,11H2,1-3H3,(H,22,25)/t13-/m1/s1. The molecular weight excluding hydrogens is 319 g/mol. The van der Waals surface area contributed by atoms with Crippen LogP contribution in [0.15, 0.2) is 24.3 Å². The lowest BCUT2D eigenvalue weighted by Crippen LogP contribution is -2.27. The van der Waals surface area contributed by atoms with Crippen LogP contribution in [0.3, 0.4) is 0 Å². The summed E-state index contributed by atoms with van der Waals surface area (Å²) in [6.07, 6.45) is 1.34. The first-order valence-corrected chi connectivity index (χ1v) is 8.37. The second kappa shape index (κ2) is 8.43. The number of aromatic nitrogens is 2. The molecule has 1 aromatic heterocycles. The fourth-order valence-electron chi connectivity index (χ4n) is 2.88. The summed E-state index contributed by atoms with van der Waals surface area (Å²) < 4.78 is 15.1. The van der Waals surface area contributed by atoms with E-state index in [4.69, 9.17) is 5.26 Å². The Kier molecular flexibility index (Phi) is 6.29. The maximum absolute atomic E-state index is 13.3. The van der Waals surface area contributed by atoms with Crippen molar-refractivity contribution in [2.45, 2.75) is 52.6 Å². The Morgan fingerprint density at radius 2 is 2.20 bits per heavy atom. The Hall–Kier alpha value is -2.68. The maximum Gasteiger partial charge on any atom is 0.220 e. The van der Waals surface area contributed by atoms with Crippen molar-refractivity contribution in [2.24, 2.45) is 0 Å². The number of hydrogen-bond acceptors (Lipinski definition) is 3. The lowest BCUT2D eigenvalue weighted by atomic mass is 10.1. The second-order valence-electron chi connectivity index (χ2n) is 6.12. The van der Waals surface area contributed by atoms with E-state index in [9.17, 15) is 9.18 Å². The maximum atomic E-state index is 13.3. The SMILES string of the molecule is Cc1nn(CCC#N)c(C)c1CCC(=O)N[C@H](C)c1cccc(F)c1. The van der Waals surface area contributed by atoms with Crippen LogP contribution in [0.2, 0.25) is 0 Å². The number of halogens is 1. The normalized spacial score (nSPS) is 11.8. The molecule has 6 heteroatoms. The van der Waals surface area contributed by atoms with Gasteiger partial charge in [-0.25, -0.2) is 4.39 Å². The molecule has 0 spiro atoms. The van der Waals surface area contributed by atoms with Crippen molar-refractivity contribution in [1.29, 1.82) is 5.26 Å². The number of rotatable bonds is 7. The number of nitrogens with zero attached hydrogens (tertiary/aromatic N) is 3. The number of hydrogen-bond donors (Lipinski definition) is 1. The van der Waals surface area contributed by atoms with Crippen molar-refractivity contribution in [3.63, 3.8) is 0 Å². The molecule has 0 fully saturated rings. The van der Waals surface area contributed by atoms with E-state index in [0.29, 0.717) is 25.8 Å². The Morgan fingerprint density at radius 1 is 1.44 bits per heavy atom. The van der Waals surface area contributed by atoms with Gasteiger partial charge in [0.1, 0.15) is 5.82 Å². The van der Waals surface area contributed by atoms with Crippen molar-refractivity contribution in [1.82, 2.24) is 15.1 Å². The topological polar surface area (TPSA) is 70.7 Å². The number of amides is 1. The molecule has 0 aliphatic rings. The molecule has 0 bridgehead atoms. The van der Waals surface area contributed by atoms with Crippen molar-refractivity contribution in [3.8, 4) is 6.07 Å². The van der Waals surface area contributed by atoms with Gasteiger partial charge in [-0.2, -0.15) is 10.4 Å². The first-order chi connectivity index (χ1) is 11.9. The van der Waals surface area contributed by atoms with E-state index in [-0.39, 0.29) is 17.8 Å². The van der Waals surface area contributed by atoms with Crippen LogP contribution in [-0.4, -0.2) is 15.7 Å². The fourth-order valence-corrected chi connectivity index (χ4v) is 2.88. The highest BCUT2D eigenvalue weighted by Gasteiger charge is 2.15. The van der Waals surface area contributed by atoms with E-state index in [2.05, 4.69) is 16.5 Å². The number of benzene rings is 1. The van der Waals surface area contributed by atoms with Crippen molar-refractivity contribution < 1.29 is 9.18 Å². The zero-order chi connectivity index (χ0) is 18.4. The van der Waals surface area contributed by atoms with Gasteiger partial charge >= 0.3 is 0 Å². The summed E-state index contributed by atoms with van der Waals surface area (Å²) in [5.74, 6) is -0.394. The van der Waals surface area contributed by atoms with Crippen LogP contribution in [0.4, 0.5) is 4.39 Å². The zero-order valence-electron chi connectivity index (χ0n) is 14.8. The van der Waals surface area contributed by atoms with E-state index in [1.165, 1.54) is 12.1 Å². The van der Waals surface area contributed by atoms with Crippen molar-refractivity contribution >= 4 is 5.91 Å². The largest absolute Gasteiger partial charge is 0.350 e. The highest BCUT2D eigenvalue weighted by molar-refractivity contribution is 5.76. The summed E-state index contributed by atoms with van der Waals surface area (Å²) in [7, 11) is 0. The summed E-state index contributed by atoms with van der Waals surface area (Å²) in [5, 5.41) is 16.0. The van der Waals surface area contributed by atoms with Gasteiger partial charge in [-0.1, -0.05) is 12.1 Å². The van der Waals surface area contributed by atoms with Gasteiger partial charge in [-0.05, 0) is 50.5 Å². The molecule has 0 saturated heterocycles. The van der Waals surface area contributed by atoms with Crippen LogP contribution in [0, 0.1) is 31.0 Å². The Labute approximate surface area is 147 Å². The molecule has 0 unspecified atom stereocenters. The number of nitriles is 1. The van der Waals surface area contributed by atoms with E-state index in [1.807, 2.05) is 25.5 Å². The minimum absolute atomic E-state index is 0.0830. The van der Waals surface area contributed by atoms with Crippen LogP contribution in [0.25, 0.3) is 0 Å². The minimum Gasteiger partial charge on any atom is -0.350 e. The van der Waals surface area contributed by atoms with Gasteiger partial charge in [0.15, 0.2) is 0 Å². The monoisotopic (exact) mass is 342 g/mol. The van der Waals surface area contributed by atoms with Crippen molar-refractivity contribution in [3.05, 3.63) is 52.6 Å². The highest BCUT2D eigenvalue weighted by atomic mass is 19.1. The molecule has 25 heavy (non-hydrogen) atoms. The van der Waals surface area contributed by atoms with Gasteiger partial charge in [-0.15, -0.1) is 0 Å². The lowest BCUT2D eigenvalue weighted by molar-refractivity contribution is -0.121. The van der Waals surface area contributed by atoms with Gasteiger partial charge in [0, 0.05) is 12.1 Å². The minimum atomic E-state index is -0.311. The summed E-state index contributed by atoms with van der Waals surface area (Å²) in [5.41, 5.74) is 3.68. The second-order valence-corrected chi connectivity index (χ2v) is 6.12. The third-order valence-electron chi connectivity index (χ3n) is 4.29. The van der Waals surface area contributed by atoms with E-state index in [1.54, 1.807) is 12.1 Å². The Bertz CT molecular complexity index is 791. The predicted octanol–water partition coefficient (Wildman–Crippen LogP) is 3.36. The first kappa shape index (κ1) is 18.7. The van der Waals surface area contributed by atoms with Gasteiger partial charge in [0.25, 0.3) is 0 Å². The molecule has 5 nitrogen and oxygen atoms in total.